The molecule has 5 nitrogen and oxygen atoms in total. The average molecular weight is 262 g/mol. The SMILES string of the molecule is CCOC(=O)C(C)=Cc1ccc(NC(C)=O)c(N)c1. The van der Waals surface area contributed by atoms with Gasteiger partial charge in [-0.15, -0.1) is 0 Å². The molecule has 0 aliphatic rings. The standard InChI is InChI=1S/C14H18N2O3/c1-4-19-14(18)9(2)7-11-5-6-13(12(15)8-11)16-10(3)17/h5-8H,4,15H2,1-3H3,(H,16,17). The fraction of sp³-hybridized carbons (Fsp3) is 0.286. The Morgan fingerprint density at radius 3 is 2.58 bits per heavy atom. The lowest BCUT2D eigenvalue weighted by Gasteiger charge is -2.07. The number of carbonyl (C=O) groups is 2. The van der Waals surface area contributed by atoms with Crippen LogP contribution in [0, 0.1) is 0 Å². The Kier molecular flexibility index (Phi) is 5.11. The van der Waals surface area contributed by atoms with E-state index in [0.717, 1.165) is 5.56 Å². The Morgan fingerprint density at radius 1 is 1.37 bits per heavy atom. The molecule has 0 aromatic heterocycles. The molecule has 1 rings (SSSR count). The number of ether oxygens (including phenoxy) is 1. The van der Waals surface area contributed by atoms with Crippen LogP contribution in [0.25, 0.3) is 6.08 Å². The highest BCUT2D eigenvalue weighted by atomic mass is 16.5. The molecule has 0 bridgehead atoms. The summed E-state index contributed by atoms with van der Waals surface area (Å²) >= 11 is 0. The zero-order chi connectivity index (χ0) is 14.4. The van der Waals surface area contributed by atoms with Crippen LogP contribution in [-0.2, 0) is 14.3 Å². The van der Waals surface area contributed by atoms with E-state index in [-0.39, 0.29) is 11.9 Å². The summed E-state index contributed by atoms with van der Waals surface area (Å²) in [6, 6.07) is 5.15. The molecular weight excluding hydrogens is 244 g/mol. The van der Waals surface area contributed by atoms with Gasteiger partial charge in [0.05, 0.1) is 18.0 Å². The van der Waals surface area contributed by atoms with Gasteiger partial charge < -0.3 is 15.8 Å². The molecule has 5 heteroatoms. The highest BCUT2D eigenvalue weighted by Gasteiger charge is 2.06. The van der Waals surface area contributed by atoms with E-state index in [4.69, 9.17) is 10.5 Å². The first kappa shape index (κ1) is 14.8. The zero-order valence-corrected chi connectivity index (χ0v) is 11.3. The van der Waals surface area contributed by atoms with Gasteiger partial charge in [-0.05, 0) is 37.6 Å². The molecule has 0 atom stereocenters. The van der Waals surface area contributed by atoms with Gasteiger partial charge in [0.15, 0.2) is 0 Å². The van der Waals surface area contributed by atoms with Gasteiger partial charge >= 0.3 is 5.97 Å². The minimum absolute atomic E-state index is 0.183. The lowest BCUT2D eigenvalue weighted by molar-refractivity contribution is -0.138. The highest BCUT2D eigenvalue weighted by molar-refractivity contribution is 5.94. The minimum atomic E-state index is -0.355. The summed E-state index contributed by atoms with van der Waals surface area (Å²) in [4.78, 5) is 22.4. The summed E-state index contributed by atoms with van der Waals surface area (Å²) in [5.41, 5.74) is 8.09. The summed E-state index contributed by atoms with van der Waals surface area (Å²) in [5, 5.41) is 2.62. The van der Waals surface area contributed by atoms with Crippen molar-refractivity contribution in [3.05, 3.63) is 29.3 Å². The van der Waals surface area contributed by atoms with Gasteiger partial charge in [-0.3, -0.25) is 4.79 Å². The van der Waals surface area contributed by atoms with Gasteiger partial charge in [-0.25, -0.2) is 4.79 Å². The van der Waals surface area contributed by atoms with Crippen LogP contribution in [0.15, 0.2) is 23.8 Å². The third-order valence-corrected chi connectivity index (χ3v) is 2.37. The lowest BCUT2D eigenvalue weighted by atomic mass is 10.1. The number of nitrogens with one attached hydrogen (secondary N) is 1. The number of anilines is 2. The summed E-state index contributed by atoms with van der Waals surface area (Å²) in [6.45, 7) is 5.19. The molecule has 0 saturated carbocycles. The first-order valence-electron chi connectivity index (χ1n) is 5.96. The molecule has 0 radical (unpaired) electrons. The van der Waals surface area contributed by atoms with E-state index in [0.29, 0.717) is 23.6 Å². The second kappa shape index (κ2) is 6.58. The minimum Gasteiger partial charge on any atom is -0.463 e. The molecule has 1 amide bonds. The summed E-state index contributed by atoms with van der Waals surface area (Å²) in [6.07, 6.45) is 1.69. The van der Waals surface area contributed by atoms with Gasteiger partial charge in [0.1, 0.15) is 0 Å². The van der Waals surface area contributed by atoms with E-state index in [9.17, 15) is 9.59 Å². The number of amides is 1. The molecule has 0 saturated heterocycles. The monoisotopic (exact) mass is 262 g/mol. The molecule has 0 heterocycles. The molecule has 0 aliphatic carbocycles. The fourth-order valence-electron chi connectivity index (χ4n) is 1.53. The van der Waals surface area contributed by atoms with Crippen molar-refractivity contribution in [3.8, 4) is 0 Å². The largest absolute Gasteiger partial charge is 0.463 e. The Hall–Kier alpha value is -2.30. The van der Waals surface area contributed by atoms with Crippen molar-refractivity contribution >= 4 is 29.3 Å². The predicted octanol–water partition coefficient (Wildman–Crippen LogP) is 2.19. The Bertz CT molecular complexity index is 521. The van der Waals surface area contributed by atoms with Crippen molar-refractivity contribution in [1.82, 2.24) is 0 Å². The molecule has 0 spiro atoms. The van der Waals surface area contributed by atoms with E-state index < -0.39 is 0 Å². The molecule has 0 aliphatic heterocycles. The number of rotatable bonds is 4. The molecule has 0 fully saturated rings. The fourth-order valence-corrected chi connectivity index (χ4v) is 1.53. The summed E-state index contributed by atoms with van der Waals surface area (Å²) in [7, 11) is 0. The van der Waals surface area contributed by atoms with E-state index in [1.165, 1.54) is 6.92 Å². The van der Waals surface area contributed by atoms with Crippen LogP contribution in [0.5, 0.6) is 0 Å². The summed E-state index contributed by atoms with van der Waals surface area (Å²) in [5.74, 6) is -0.537. The number of benzene rings is 1. The first-order chi connectivity index (χ1) is 8.93. The quantitative estimate of drug-likeness (QED) is 0.495. The normalized spacial score (nSPS) is 11.0. The molecule has 1 aromatic carbocycles. The van der Waals surface area contributed by atoms with E-state index in [1.54, 1.807) is 38.1 Å². The van der Waals surface area contributed by atoms with E-state index >= 15 is 0 Å². The molecule has 3 N–H and O–H groups in total. The summed E-state index contributed by atoms with van der Waals surface area (Å²) < 4.78 is 4.89. The van der Waals surface area contributed by atoms with Crippen molar-refractivity contribution in [2.24, 2.45) is 0 Å². The van der Waals surface area contributed by atoms with E-state index in [1.807, 2.05) is 0 Å². The predicted molar refractivity (Wildman–Crippen MR) is 75.4 cm³/mol. The van der Waals surface area contributed by atoms with Gasteiger partial charge in [-0.1, -0.05) is 6.07 Å². The van der Waals surface area contributed by atoms with Gasteiger partial charge in [0.2, 0.25) is 5.91 Å². The number of nitrogens with two attached hydrogens (primary N) is 1. The molecule has 0 unspecified atom stereocenters. The van der Waals surface area contributed by atoms with Crippen LogP contribution in [0.3, 0.4) is 0 Å². The Balaban J connectivity index is 2.92. The number of hydrogen-bond donors (Lipinski definition) is 2. The van der Waals surface area contributed by atoms with Crippen molar-refractivity contribution in [2.45, 2.75) is 20.8 Å². The molecular formula is C14H18N2O3. The van der Waals surface area contributed by atoms with Gasteiger partial charge in [0, 0.05) is 12.5 Å². The topological polar surface area (TPSA) is 81.4 Å². The van der Waals surface area contributed by atoms with Crippen molar-refractivity contribution in [3.63, 3.8) is 0 Å². The van der Waals surface area contributed by atoms with Crippen LogP contribution in [-0.4, -0.2) is 18.5 Å². The number of hydrogen-bond acceptors (Lipinski definition) is 4. The molecule has 102 valence electrons. The second-order valence-electron chi connectivity index (χ2n) is 4.08. The Morgan fingerprint density at radius 2 is 2.05 bits per heavy atom. The second-order valence-corrected chi connectivity index (χ2v) is 4.08. The number of esters is 1. The van der Waals surface area contributed by atoms with Crippen LogP contribution < -0.4 is 11.1 Å². The molecule has 19 heavy (non-hydrogen) atoms. The van der Waals surface area contributed by atoms with Crippen LogP contribution >= 0.6 is 0 Å². The van der Waals surface area contributed by atoms with Gasteiger partial charge in [-0.2, -0.15) is 0 Å². The lowest BCUT2D eigenvalue weighted by Crippen LogP contribution is -2.08. The average Bonchev–Trinajstić information content (AvgIpc) is 2.32. The molecule has 1 aromatic rings. The zero-order valence-electron chi connectivity index (χ0n) is 11.3. The third kappa shape index (κ3) is 4.46. The maximum Gasteiger partial charge on any atom is 0.333 e. The number of carbonyl (C=O) groups excluding carboxylic acids is 2. The van der Waals surface area contributed by atoms with Gasteiger partial charge in [0.25, 0.3) is 0 Å². The smallest absolute Gasteiger partial charge is 0.333 e. The van der Waals surface area contributed by atoms with Crippen LogP contribution in [0.1, 0.15) is 26.3 Å². The van der Waals surface area contributed by atoms with E-state index in [2.05, 4.69) is 5.32 Å². The Labute approximate surface area is 112 Å². The maximum absolute atomic E-state index is 11.5. The van der Waals surface area contributed by atoms with Crippen molar-refractivity contribution < 1.29 is 14.3 Å². The van der Waals surface area contributed by atoms with Crippen LogP contribution in [0.2, 0.25) is 0 Å². The highest BCUT2D eigenvalue weighted by Crippen LogP contribution is 2.21. The first-order valence-corrected chi connectivity index (χ1v) is 5.96. The van der Waals surface area contributed by atoms with Crippen LogP contribution in [0.4, 0.5) is 11.4 Å². The van der Waals surface area contributed by atoms with Crippen molar-refractivity contribution in [2.75, 3.05) is 17.7 Å². The number of nitrogen functional groups attached to an aromatic ring is 1. The third-order valence-electron chi connectivity index (χ3n) is 2.37. The maximum atomic E-state index is 11.5. The van der Waals surface area contributed by atoms with Crippen molar-refractivity contribution in [1.29, 1.82) is 0 Å².